The molecule has 7 nitrogen and oxygen atoms in total. The van der Waals surface area contributed by atoms with Gasteiger partial charge >= 0.3 is 12.1 Å². The van der Waals surface area contributed by atoms with Crippen LogP contribution in [0.1, 0.15) is 38.1 Å². The summed E-state index contributed by atoms with van der Waals surface area (Å²) in [7, 11) is 1.35. The molecule has 0 aliphatic carbocycles. The quantitative estimate of drug-likeness (QED) is 0.652. The van der Waals surface area contributed by atoms with Crippen LogP contribution in [0.3, 0.4) is 0 Å². The lowest BCUT2D eigenvalue weighted by Crippen LogP contribution is -2.55. The van der Waals surface area contributed by atoms with E-state index in [4.69, 9.17) is 15.2 Å². The summed E-state index contributed by atoms with van der Waals surface area (Å²) >= 11 is 0. The molecule has 0 saturated carbocycles. The minimum atomic E-state index is -0.532. The molecule has 1 aromatic carbocycles. The molecule has 7 heteroatoms. The Labute approximate surface area is 148 Å². The van der Waals surface area contributed by atoms with Crippen molar-refractivity contribution in [2.24, 2.45) is 0 Å². The molecule has 1 aromatic rings. The minimum absolute atomic E-state index is 0.0753. The third kappa shape index (κ3) is 4.35. The zero-order valence-electron chi connectivity index (χ0n) is 15.5. The molecule has 0 spiro atoms. The van der Waals surface area contributed by atoms with Crippen molar-refractivity contribution in [2.45, 2.75) is 39.3 Å². The predicted molar refractivity (Wildman–Crippen MR) is 96.8 cm³/mol. The first-order valence-corrected chi connectivity index (χ1v) is 8.35. The number of carbonyl (C=O) groups excluding carboxylic acids is 2. The van der Waals surface area contributed by atoms with Gasteiger partial charge in [0.2, 0.25) is 0 Å². The summed E-state index contributed by atoms with van der Waals surface area (Å²) in [4.78, 5) is 28.1. The van der Waals surface area contributed by atoms with E-state index in [2.05, 4.69) is 0 Å². The average Bonchev–Trinajstić information content (AvgIpc) is 2.51. The van der Waals surface area contributed by atoms with Crippen LogP contribution >= 0.6 is 0 Å². The molecular formula is C18H27N3O4. The van der Waals surface area contributed by atoms with Gasteiger partial charge in [-0.1, -0.05) is 6.07 Å². The number of piperazine rings is 1. The van der Waals surface area contributed by atoms with Crippen molar-refractivity contribution in [3.63, 3.8) is 0 Å². The highest BCUT2D eigenvalue weighted by Gasteiger charge is 2.32. The summed E-state index contributed by atoms with van der Waals surface area (Å²) in [6.45, 7) is 9.09. The number of esters is 1. The lowest BCUT2D eigenvalue weighted by Gasteiger charge is -2.41. The number of hydrogen-bond acceptors (Lipinski definition) is 6. The Morgan fingerprint density at radius 3 is 2.48 bits per heavy atom. The zero-order valence-corrected chi connectivity index (χ0v) is 15.5. The molecule has 1 amide bonds. The van der Waals surface area contributed by atoms with Gasteiger partial charge < -0.3 is 25.0 Å². The highest BCUT2D eigenvalue weighted by Crippen LogP contribution is 2.30. The summed E-state index contributed by atoms with van der Waals surface area (Å²) in [5.74, 6) is -0.426. The first kappa shape index (κ1) is 18.9. The van der Waals surface area contributed by atoms with Gasteiger partial charge in [-0.25, -0.2) is 9.59 Å². The summed E-state index contributed by atoms with van der Waals surface area (Å²) < 4.78 is 10.3. The van der Waals surface area contributed by atoms with Gasteiger partial charge in [0.25, 0.3) is 0 Å². The predicted octanol–water partition coefficient (Wildman–Crippen LogP) is 2.50. The van der Waals surface area contributed by atoms with Crippen LogP contribution in [0.25, 0.3) is 0 Å². The Balaban J connectivity index is 2.19. The summed E-state index contributed by atoms with van der Waals surface area (Å²) in [5, 5.41) is 0. The van der Waals surface area contributed by atoms with Crippen molar-refractivity contribution >= 4 is 23.4 Å². The van der Waals surface area contributed by atoms with Crippen molar-refractivity contribution < 1.29 is 19.1 Å². The second-order valence-corrected chi connectivity index (χ2v) is 7.20. The number of nitrogens with zero attached hydrogens (tertiary/aromatic N) is 2. The van der Waals surface area contributed by atoms with Crippen molar-refractivity contribution in [3.8, 4) is 0 Å². The number of hydrogen-bond donors (Lipinski definition) is 1. The first-order valence-electron chi connectivity index (χ1n) is 8.35. The van der Waals surface area contributed by atoms with Crippen LogP contribution in [0, 0.1) is 0 Å². The largest absolute Gasteiger partial charge is 0.465 e. The molecular weight excluding hydrogens is 322 g/mol. The van der Waals surface area contributed by atoms with Gasteiger partial charge in [-0.15, -0.1) is 0 Å². The van der Waals surface area contributed by atoms with Gasteiger partial charge in [-0.2, -0.15) is 0 Å². The number of methoxy groups -OCH3 is 1. The van der Waals surface area contributed by atoms with Crippen molar-refractivity contribution in [2.75, 3.05) is 37.4 Å². The maximum Gasteiger partial charge on any atom is 0.410 e. The maximum absolute atomic E-state index is 12.3. The molecule has 0 unspecified atom stereocenters. The number of ether oxygens (including phenoxy) is 2. The molecule has 138 valence electrons. The van der Waals surface area contributed by atoms with E-state index in [9.17, 15) is 9.59 Å². The standard InChI is InChI=1S/C18H27N3O4/c1-12-11-20(9-10-21(12)17(23)25-18(2,3)4)15-13(16(22)24-5)7-6-8-14(15)19/h6-8,12H,9-11,19H2,1-5H3/t12-/m1/s1. The topological polar surface area (TPSA) is 85.1 Å². The Morgan fingerprint density at radius 2 is 1.92 bits per heavy atom. The van der Waals surface area contributed by atoms with E-state index in [1.54, 1.807) is 23.1 Å². The fourth-order valence-corrected chi connectivity index (χ4v) is 2.94. The van der Waals surface area contributed by atoms with Crippen LogP contribution in [0.15, 0.2) is 18.2 Å². The van der Waals surface area contributed by atoms with E-state index in [0.29, 0.717) is 36.6 Å². The lowest BCUT2D eigenvalue weighted by atomic mass is 10.1. The fourth-order valence-electron chi connectivity index (χ4n) is 2.94. The zero-order chi connectivity index (χ0) is 18.8. The highest BCUT2D eigenvalue weighted by molar-refractivity contribution is 5.99. The molecule has 2 N–H and O–H groups in total. The minimum Gasteiger partial charge on any atom is -0.465 e. The monoisotopic (exact) mass is 349 g/mol. The fraction of sp³-hybridized carbons (Fsp3) is 0.556. The van der Waals surface area contributed by atoms with E-state index in [0.717, 1.165) is 0 Å². The normalized spacial score (nSPS) is 18.0. The summed E-state index contributed by atoms with van der Waals surface area (Å²) in [6, 6.07) is 5.11. The van der Waals surface area contributed by atoms with Crippen LogP contribution in [-0.4, -0.2) is 55.3 Å². The second kappa shape index (κ2) is 7.21. The highest BCUT2D eigenvalue weighted by atomic mass is 16.6. The van der Waals surface area contributed by atoms with Crippen LogP contribution < -0.4 is 10.6 Å². The number of nitrogen functional groups attached to an aromatic ring is 1. The number of para-hydroxylation sites is 1. The van der Waals surface area contributed by atoms with Crippen LogP contribution in [0.5, 0.6) is 0 Å². The molecule has 0 radical (unpaired) electrons. The number of nitrogens with two attached hydrogens (primary N) is 1. The first-order chi connectivity index (χ1) is 11.6. The smallest absolute Gasteiger partial charge is 0.410 e. The van der Waals surface area contributed by atoms with Gasteiger partial charge in [0, 0.05) is 25.7 Å². The molecule has 1 atom stereocenters. The van der Waals surface area contributed by atoms with Crippen LogP contribution in [-0.2, 0) is 9.47 Å². The van der Waals surface area contributed by atoms with E-state index in [1.807, 2.05) is 32.6 Å². The summed E-state index contributed by atoms with van der Waals surface area (Å²) in [6.07, 6.45) is -0.325. The van der Waals surface area contributed by atoms with Crippen molar-refractivity contribution in [3.05, 3.63) is 23.8 Å². The van der Waals surface area contributed by atoms with Gasteiger partial charge in [-0.3, -0.25) is 0 Å². The summed E-state index contributed by atoms with van der Waals surface area (Å²) in [5.41, 5.74) is 7.18. The maximum atomic E-state index is 12.3. The van der Waals surface area contributed by atoms with Crippen LogP contribution in [0.4, 0.5) is 16.2 Å². The molecule has 0 bridgehead atoms. The molecule has 1 heterocycles. The average molecular weight is 349 g/mol. The molecule has 1 aliphatic rings. The van der Waals surface area contributed by atoms with E-state index >= 15 is 0 Å². The van der Waals surface area contributed by atoms with E-state index in [-0.39, 0.29) is 12.1 Å². The third-order valence-electron chi connectivity index (χ3n) is 4.04. The molecule has 1 aliphatic heterocycles. The second-order valence-electron chi connectivity index (χ2n) is 7.20. The van der Waals surface area contributed by atoms with E-state index in [1.165, 1.54) is 7.11 Å². The number of carbonyl (C=O) groups is 2. The van der Waals surface area contributed by atoms with Gasteiger partial charge in [0.05, 0.1) is 24.0 Å². The van der Waals surface area contributed by atoms with Crippen molar-refractivity contribution in [1.29, 1.82) is 0 Å². The third-order valence-corrected chi connectivity index (χ3v) is 4.04. The molecule has 0 aromatic heterocycles. The number of anilines is 2. The van der Waals surface area contributed by atoms with Gasteiger partial charge in [0.15, 0.2) is 0 Å². The molecule has 1 fully saturated rings. The van der Waals surface area contributed by atoms with E-state index < -0.39 is 11.6 Å². The SMILES string of the molecule is COC(=O)c1cccc(N)c1N1CCN(C(=O)OC(C)(C)C)[C@H](C)C1. The Bertz CT molecular complexity index is 654. The number of rotatable bonds is 2. The van der Waals surface area contributed by atoms with Crippen molar-refractivity contribution in [1.82, 2.24) is 4.90 Å². The molecule has 2 rings (SSSR count). The van der Waals surface area contributed by atoms with Gasteiger partial charge in [-0.05, 0) is 39.8 Å². The van der Waals surface area contributed by atoms with Gasteiger partial charge in [0.1, 0.15) is 5.60 Å². The number of amides is 1. The number of benzene rings is 1. The van der Waals surface area contributed by atoms with Crippen LogP contribution in [0.2, 0.25) is 0 Å². The lowest BCUT2D eigenvalue weighted by molar-refractivity contribution is 0.0158. The molecule has 1 saturated heterocycles. The molecule has 25 heavy (non-hydrogen) atoms. The Kier molecular flexibility index (Phi) is 5.45. The Morgan fingerprint density at radius 1 is 1.24 bits per heavy atom. The Hall–Kier alpha value is -2.44.